The summed E-state index contributed by atoms with van der Waals surface area (Å²) in [5.41, 5.74) is 3.89. The Morgan fingerprint density at radius 2 is 1.93 bits per heavy atom. The summed E-state index contributed by atoms with van der Waals surface area (Å²) in [4.78, 5) is 25.6. The van der Waals surface area contributed by atoms with Gasteiger partial charge in [0.1, 0.15) is 17.8 Å². The molecule has 1 amide bonds. The van der Waals surface area contributed by atoms with Gasteiger partial charge in [-0.25, -0.2) is 9.97 Å². The summed E-state index contributed by atoms with van der Waals surface area (Å²) in [7, 11) is 0. The number of hydrogen-bond acceptors (Lipinski definition) is 5. The predicted octanol–water partition coefficient (Wildman–Crippen LogP) is 3.43. The van der Waals surface area contributed by atoms with Crippen LogP contribution in [0.15, 0.2) is 30.6 Å². The standard InChI is InChI=1S/C21H29N5O/c1-5-25-9-11-26(12-10-25)21(27)18-13-19(23-14-22-18)24-20-16(4)7-6-8-17(20)15(2)3/h6-8,13-15H,5,9-12H2,1-4H3,(H,22,23,24). The maximum Gasteiger partial charge on any atom is 0.272 e. The van der Waals surface area contributed by atoms with E-state index >= 15 is 0 Å². The van der Waals surface area contributed by atoms with E-state index in [-0.39, 0.29) is 5.91 Å². The number of amides is 1. The number of para-hydroxylation sites is 1. The van der Waals surface area contributed by atoms with E-state index in [0.29, 0.717) is 17.4 Å². The van der Waals surface area contributed by atoms with Crippen molar-refractivity contribution < 1.29 is 4.79 Å². The van der Waals surface area contributed by atoms with Crippen LogP contribution in [0.25, 0.3) is 0 Å². The lowest BCUT2D eigenvalue weighted by molar-refractivity contribution is 0.0637. The van der Waals surface area contributed by atoms with Crippen molar-refractivity contribution >= 4 is 17.4 Å². The zero-order valence-corrected chi connectivity index (χ0v) is 16.7. The van der Waals surface area contributed by atoms with Crippen molar-refractivity contribution in [3.8, 4) is 0 Å². The number of piperazine rings is 1. The second kappa shape index (κ2) is 8.48. The first kappa shape index (κ1) is 19.3. The summed E-state index contributed by atoms with van der Waals surface area (Å²) in [6, 6.07) is 8.03. The van der Waals surface area contributed by atoms with Gasteiger partial charge in [-0.2, -0.15) is 0 Å². The maximum atomic E-state index is 12.8. The molecule has 1 aromatic carbocycles. The van der Waals surface area contributed by atoms with Crippen LogP contribution in [0.3, 0.4) is 0 Å². The van der Waals surface area contributed by atoms with Crippen molar-refractivity contribution in [2.75, 3.05) is 38.0 Å². The molecule has 0 unspecified atom stereocenters. The third-order valence-electron chi connectivity index (χ3n) is 5.17. The van der Waals surface area contributed by atoms with Gasteiger partial charge >= 0.3 is 0 Å². The Balaban J connectivity index is 1.78. The number of aromatic nitrogens is 2. The van der Waals surface area contributed by atoms with Gasteiger partial charge in [-0.15, -0.1) is 0 Å². The smallest absolute Gasteiger partial charge is 0.272 e. The number of carbonyl (C=O) groups excluding carboxylic acids is 1. The van der Waals surface area contributed by atoms with Crippen LogP contribution in [-0.4, -0.2) is 58.4 Å². The molecule has 1 fully saturated rings. The van der Waals surface area contributed by atoms with E-state index in [4.69, 9.17) is 0 Å². The number of nitrogens with zero attached hydrogens (tertiary/aromatic N) is 4. The fourth-order valence-corrected chi connectivity index (χ4v) is 3.44. The zero-order valence-electron chi connectivity index (χ0n) is 16.7. The highest BCUT2D eigenvalue weighted by molar-refractivity contribution is 5.93. The van der Waals surface area contributed by atoms with Crippen molar-refractivity contribution in [3.05, 3.63) is 47.4 Å². The number of rotatable bonds is 5. The third-order valence-corrected chi connectivity index (χ3v) is 5.17. The fraction of sp³-hybridized carbons (Fsp3) is 0.476. The van der Waals surface area contributed by atoms with Gasteiger partial charge in [0.25, 0.3) is 5.91 Å². The highest BCUT2D eigenvalue weighted by Crippen LogP contribution is 2.29. The molecule has 1 saturated heterocycles. The van der Waals surface area contributed by atoms with Crippen molar-refractivity contribution in [3.63, 3.8) is 0 Å². The highest BCUT2D eigenvalue weighted by Gasteiger charge is 2.22. The second-order valence-corrected chi connectivity index (χ2v) is 7.33. The molecule has 1 aromatic heterocycles. The molecule has 2 aromatic rings. The molecule has 0 atom stereocenters. The predicted molar refractivity (Wildman–Crippen MR) is 109 cm³/mol. The van der Waals surface area contributed by atoms with Crippen molar-refractivity contribution in [2.24, 2.45) is 0 Å². The Morgan fingerprint density at radius 3 is 2.59 bits per heavy atom. The molecule has 0 radical (unpaired) electrons. The van der Waals surface area contributed by atoms with Gasteiger partial charge in [-0.05, 0) is 30.5 Å². The summed E-state index contributed by atoms with van der Waals surface area (Å²) in [6.45, 7) is 12.9. The minimum Gasteiger partial charge on any atom is -0.340 e. The van der Waals surface area contributed by atoms with Crippen molar-refractivity contribution in [1.29, 1.82) is 0 Å². The number of likely N-dealkylation sites (N-methyl/N-ethyl adjacent to an activating group) is 1. The molecule has 2 heterocycles. The average molecular weight is 367 g/mol. The van der Waals surface area contributed by atoms with Gasteiger partial charge < -0.3 is 15.1 Å². The topological polar surface area (TPSA) is 61.4 Å². The second-order valence-electron chi connectivity index (χ2n) is 7.33. The molecule has 1 N–H and O–H groups in total. The van der Waals surface area contributed by atoms with Crippen LogP contribution in [0.5, 0.6) is 0 Å². The fourth-order valence-electron chi connectivity index (χ4n) is 3.44. The summed E-state index contributed by atoms with van der Waals surface area (Å²) in [5.74, 6) is 1.02. The minimum atomic E-state index is -0.0231. The molecule has 0 spiro atoms. The van der Waals surface area contributed by atoms with Crippen molar-refractivity contribution in [2.45, 2.75) is 33.6 Å². The van der Waals surface area contributed by atoms with Crippen LogP contribution in [0.4, 0.5) is 11.5 Å². The molecule has 6 nitrogen and oxygen atoms in total. The normalized spacial score (nSPS) is 15.2. The number of carbonyl (C=O) groups is 1. The number of benzene rings is 1. The Morgan fingerprint density at radius 1 is 1.19 bits per heavy atom. The number of anilines is 2. The Hall–Kier alpha value is -2.47. The summed E-state index contributed by atoms with van der Waals surface area (Å²) >= 11 is 0. The van der Waals surface area contributed by atoms with Crippen LogP contribution >= 0.6 is 0 Å². The highest BCUT2D eigenvalue weighted by atomic mass is 16.2. The van der Waals surface area contributed by atoms with E-state index in [1.807, 2.05) is 4.90 Å². The van der Waals surface area contributed by atoms with E-state index in [1.165, 1.54) is 11.9 Å². The monoisotopic (exact) mass is 367 g/mol. The largest absolute Gasteiger partial charge is 0.340 e. The van der Waals surface area contributed by atoms with Gasteiger partial charge in [0.2, 0.25) is 0 Å². The van der Waals surface area contributed by atoms with E-state index in [1.54, 1.807) is 6.07 Å². The Labute approximate surface area is 161 Å². The van der Waals surface area contributed by atoms with Crippen LogP contribution in [0.1, 0.15) is 48.3 Å². The lowest BCUT2D eigenvalue weighted by Crippen LogP contribution is -2.48. The minimum absolute atomic E-state index is 0.0231. The molecule has 1 aliphatic heterocycles. The molecule has 0 saturated carbocycles. The van der Waals surface area contributed by atoms with E-state index in [0.717, 1.165) is 44.0 Å². The van der Waals surface area contributed by atoms with Gasteiger partial charge in [-0.3, -0.25) is 4.79 Å². The molecule has 27 heavy (non-hydrogen) atoms. The molecular weight excluding hydrogens is 338 g/mol. The maximum absolute atomic E-state index is 12.8. The first-order valence-electron chi connectivity index (χ1n) is 9.69. The third kappa shape index (κ3) is 4.45. The molecular formula is C21H29N5O. The van der Waals surface area contributed by atoms with Crippen LogP contribution in [-0.2, 0) is 0 Å². The number of nitrogens with one attached hydrogen (secondary N) is 1. The number of hydrogen-bond donors (Lipinski definition) is 1. The molecule has 3 rings (SSSR count). The lowest BCUT2D eigenvalue weighted by Gasteiger charge is -2.33. The molecule has 0 bridgehead atoms. The van der Waals surface area contributed by atoms with E-state index < -0.39 is 0 Å². The average Bonchev–Trinajstić information content (AvgIpc) is 2.69. The molecule has 144 valence electrons. The summed E-state index contributed by atoms with van der Waals surface area (Å²) in [6.07, 6.45) is 1.46. The SMILES string of the molecule is CCN1CCN(C(=O)c2cc(Nc3c(C)cccc3C(C)C)ncn2)CC1. The van der Waals surface area contributed by atoms with Gasteiger partial charge in [-0.1, -0.05) is 39.0 Å². The molecule has 6 heteroatoms. The molecule has 0 aliphatic carbocycles. The molecule has 1 aliphatic rings. The lowest BCUT2D eigenvalue weighted by atomic mass is 9.98. The van der Waals surface area contributed by atoms with Gasteiger partial charge in [0.15, 0.2) is 0 Å². The van der Waals surface area contributed by atoms with Crippen molar-refractivity contribution in [1.82, 2.24) is 19.8 Å². The van der Waals surface area contributed by atoms with Crippen LogP contribution in [0, 0.1) is 6.92 Å². The summed E-state index contributed by atoms with van der Waals surface area (Å²) in [5, 5.41) is 3.41. The summed E-state index contributed by atoms with van der Waals surface area (Å²) < 4.78 is 0. The van der Waals surface area contributed by atoms with Gasteiger partial charge in [0.05, 0.1) is 0 Å². The number of aryl methyl sites for hydroxylation is 1. The first-order chi connectivity index (χ1) is 13.0. The zero-order chi connectivity index (χ0) is 19.4. The van der Waals surface area contributed by atoms with Crippen LogP contribution in [0.2, 0.25) is 0 Å². The Kier molecular flexibility index (Phi) is 6.06. The van der Waals surface area contributed by atoms with E-state index in [9.17, 15) is 4.79 Å². The Bertz CT molecular complexity index is 797. The van der Waals surface area contributed by atoms with E-state index in [2.05, 4.69) is 66.1 Å². The van der Waals surface area contributed by atoms with Crippen LogP contribution < -0.4 is 5.32 Å². The van der Waals surface area contributed by atoms with Gasteiger partial charge in [0, 0.05) is 37.9 Å². The quantitative estimate of drug-likeness (QED) is 0.877. The first-order valence-corrected chi connectivity index (χ1v) is 9.69.